The lowest BCUT2D eigenvalue weighted by Gasteiger charge is -2.34. The number of amides is 1. The fourth-order valence-electron chi connectivity index (χ4n) is 2.87. The zero-order chi connectivity index (χ0) is 16.9. The van der Waals surface area contributed by atoms with Crippen molar-refractivity contribution in [2.45, 2.75) is 20.4 Å². The molecule has 0 radical (unpaired) electrons. The Balaban J connectivity index is 1.59. The number of thiazole rings is 1. The number of carbonyl (C=O) groups is 1. The van der Waals surface area contributed by atoms with E-state index in [0.29, 0.717) is 17.9 Å². The van der Waals surface area contributed by atoms with Crippen LogP contribution in [-0.2, 0) is 6.54 Å². The molecule has 24 heavy (non-hydrogen) atoms. The van der Waals surface area contributed by atoms with Gasteiger partial charge in [0.05, 0.1) is 18.7 Å². The molecule has 1 aliphatic rings. The summed E-state index contributed by atoms with van der Waals surface area (Å²) in [5.41, 5.74) is 1.74. The zero-order valence-corrected chi connectivity index (χ0v) is 15.0. The molecule has 128 valence electrons. The van der Waals surface area contributed by atoms with Crippen LogP contribution >= 0.6 is 11.3 Å². The van der Waals surface area contributed by atoms with Gasteiger partial charge in [-0.1, -0.05) is 12.1 Å². The van der Waals surface area contributed by atoms with Gasteiger partial charge in [-0.25, -0.2) is 4.98 Å². The summed E-state index contributed by atoms with van der Waals surface area (Å²) in [4.78, 5) is 21.6. The second-order valence-electron chi connectivity index (χ2n) is 5.88. The van der Waals surface area contributed by atoms with Crippen molar-refractivity contribution in [3.8, 4) is 5.75 Å². The number of nitrogens with zero attached hydrogens (tertiary/aromatic N) is 3. The maximum absolute atomic E-state index is 12.8. The van der Waals surface area contributed by atoms with Gasteiger partial charge in [-0.15, -0.1) is 11.3 Å². The third-order valence-corrected chi connectivity index (χ3v) is 5.05. The molecule has 1 amide bonds. The Morgan fingerprint density at radius 1 is 1.25 bits per heavy atom. The van der Waals surface area contributed by atoms with Crippen molar-refractivity contribution in [2.24, 2.45) is 0 Å². The molecule has 0 spiro atoms. The first-order valence-electron chi connectivity index (χ1n) is 8.32. The van der Waals surface area contributed by atoms with Crippen molar-refractivity contribution in [1.82, 2.24) is 14.8 Å². The van der Waals surface area contributed by atoms with E-state index < -0.39 is 0 Å². The molecule has 1 aromatic heterocycles. The second kappa shape index (κ2) is 7.77. The van der Waals surface area contributed by atoms with Gasteiger partial charge in [0.2, 0.25) is 0 Å². The number of hydrogen-bond acceptors (Lipinski definition) is 5. The Bertz CT molecular complexity index is 693. The summed E-state index contributed by atoms with van der Waals surface area (Å²) in [5, 5.41) is 3.23. The molecule has 0 saturated carbocycles. The zero-order valence-electron chi connectivity index (χ0n) is 14.2. The molecule has 2 heterocycles. The minimum absolute atomic E-state index is 0.0591. The minimum atomic E-state index is 0.0591. The van der Waals surface area contributed by atoms with Crippen molar-refractivity contribution in [2.75, 3.05) is 32.8 Å². The number of rotatable bonds is 5. The number of aryl methyl sites for hydroxylation is 1. The number of piperazine rings is 1. The number of carbonyl (C=O) groups excluding carboxylic acids is 1. The maximum atomic E-state index is 12.8. The molecule has 0 bridgehead atoms. The molecule has 2 aromatic rings. The summed E-state index contributed by atoms with van der Waals surface area (Å²) in [6, 6.07) is 7.49. The van der Waals surface area contributed by atoms with Crippen molar-refractivity contribution < 1.29 is 9.53 Å². The van der Waals surface area contributed by atoms with Crippen molar-refractivity contribution in [1.29, 1.82) is 0 Å². The van der Waals surface area contributed by atoms with Gasteiger partial charge in [0, 0.05) is 37.3 Å². The van der Waals surface area contributed by atoms with Gasteiger partial charge in [0.15, 0.2) is 0 Å². The summed E-state index contributed by atoms with van der Waals surface area (Å²) in [6.07, 6.45) is 0. The number of ether oxygens (including phenoxy) is 1. The Kier molecular flexibility index (Phi) is 5.48. The molecule has 6 heteroatoms. The van der Waals surface area contributed by atoms with Crippen LogP contribution in [0.4, 0.5) is 0 Å². The monoisotopic (exact) mass is 345 g/mol. The standard InChI is InChI=1S/C18H23N3O2S/c1-3-23-16-7-5-4-6-15(16)18(22)21-10-8-20(9-11-21)12-17-19-14(2)13-24-17/h4-7,13H,3,8-12H2,1-2H3. The molecule has 1 aromatic carbocycles. The summed E-state index contributed by atoms with van der Waals surface area (Å²) in [5.74, 6) is 0.731. The Hall–Kier alpha value is -1.92. The van der Waals surface area contributed by atoms with E-state index in [-0.39, 0.29) is 5.91 Å². The fourth-order valence-corrected chi connectivity index (χ4v) is 3.68. The SMILES string of the molecule is CCOc1ccccc1C(=O)N1CCN(Cc2nc(C)cs2)CC1. The first kappa shape index (κ1) is 16.9. The van der Waals surface area contributed by atoms with Crippen molar-refractivity contribution in [3.05, 3.63) is 45.9 Å². The van der Waals surface area contributed by atoms with Crippen LogP contribution in [0.15, 0.2) is 29.6 Å². The van der Waals surface area contributed by atoms with E-state index in [0.717, 1.165) is 43.4 Å². The van der Waals surface area contributed by atoms with Crippen LogP contribution in [0.25, 0.3) is 0 Å². The molecule has 3 rings (SSSR count). The van der Waals surface area contributed by atoms with Gasteiger partial charge in [-0.05, 0) is 26.0 Å². The molecule has 0 aliphatic carbocycles. The molecule has 1 aliphatic heterocycles. The van der Waals surface area contributed by atoms with Crippen LogP contribution in [0, 0.1) is 6.92 Å². The summed E-state index contributed by atoms with van der Waals surface area (Å²) in [7, 11) is 0. The summed E-state index contributed by atoms with van der Waals surface area (Å²) in [6.45, 7) is 8.61. The summed E-state index contributed by atoms with van der Waals surface area (Å²) < 4.78 is 5.59. The average molecular weight is 345 g/mol. The van der Waals surface area contributed by atoms with Crippen LogP contribution in [0.1, 0.15) is 28.0 Å². The van der Waals surface area contributed by atoms with Crippen LogP contribution in [0.3, 0.4) is 0 Å². The van der Waals surface area contributed by atoms with E-state index in [4.69, 9.17) is 4.74 Å². The Morgan fingerprint density at radius 2 is 2.00 bits per heavy atom. The quantitative estimate of drug-likeness (QED) is 0.836. The number of benzene rings is 1. The van der Waals surface area contributed by atoms with E-state index in [1.54, 1.807) is 11.3 Å². The predicted molar refractivity (Wildman–Crippen MR) is 95.6 cm³/mol. The van der Waals surface area contributed by atoms with Crippen LogP contribution in [-0.4, -0.2) is 53.5 Å². The van der Waals surface area contributed by atoms with Gasteiger partial charge in [0.25, 0.3) is 5.91 Å². The molecule has 0 unspecified atom stereocenters. The van der Waals surface area contributed by atoms with Crippen molar-refractivity contribution >= 4 is 17.2 Å². The lowest BCUT2D eigenvalue weighted by Crippen LogP contribution is -2.48. The Labute approximate surface area is 146 Å². The Morgan fingerprint density at radius 3 is 2.67 bits per heavy atom. The molecular weight excluding hydrogens is 322 g/mol. The van der Waals surface area contributed by atoms with Crippen LogP contribution in [0.5, 0.6) is 5.75 Å². The molecule has 1 saturated heterocycles. The topological polar surface area (TPSA) is 45.7 Å². The lowest BCUT2D eigenvalue weighted by molar-refractivity contribution is 0.0624. The lowest BCUT2D eigenvalue weighted by atomic mass is 10.1. The molecule has 1 fully saturated rings. The van der Waals surface area contributed by atoms with Gasteiger partial charge in [-0.3, -0.25) is 9.69 Å². The number of aromatic nitrogens is 1. The van der Waals surface area contributed by atoms with E-state index in [1.807, 2.05) is 43.0 Å². The first-order valence-corrected chi connectivity index (χ1v) is 9.20. The molecule has 0 atom stereocenters. The average Bonchev–Trinajstić information content (AvgIpc) is 3.01. The van der Waals surface area contributed by atoms with E-state index >= 15 is 0 Å². The fraction of sp³-hybridized carbons (Fsp3) is 0.444. The highest BCUT2D eigenvalue weighted by atomic mass is 32.1. The van der Waals surface area contributed by atoms with Crippen molar-refractivity contribution in [3.63, 3.8) is 0 Å². The normalized spacial score (nSPS) is 15.5. The smallest absolute Gasteiger partial charge is 0.257 e. The van der Waals surface area contributed by atoms with Gasteiger partial charge in [-0.2, -0.15) is 0 Å². The van der Waals surface area contributed by atoms with Gasteiger partial charge < -0.3 is 9.64 Å². The van der Waals surface area contributed by atoms with Crippen LogP contribution in [0.2, 0.25) is 0 Å². The third-order valence-electron chi connectivity index (χ3n) is 4.10. The predicted octanol–water partition coefficient (Wildman–Crippen LogP) is 2.81. The van der Waals surface area contributed by atoms with E-state index in [2.05, 4.69) is 15.3 Å². The van der Waals surface area contributed by atoms with E-state index in [9.17, 15) is 4.79 Å². The van der Waals surface area contributed by atoms with Gasteiger partial charge >= 0.3 is 0 Å². The highest BCUT2D eigenvalue weighted by Gasteiger charge is 2.24. The van der Waals surface area contributed by atoms with Crippen LogP contribution < -0.4 is 4.74 Å². The van der Waals surface area contributed by atoms with Gasteiger partial charge in [0.1, 0.15) is 10.8 Å². The second-order valence-corrected chi connectivity index (χ2v) is 6.82. The molecule has 0 N–H and O–H groups in total. The molecule has 5 nitrogen and oxygen atoms in total. The first-order chi connectivity index (χ1) is 11.7. The highest BCUT2D eigenvalue weighted by Crippen LogP contribution is 2.21. The minimum Gasteiger partial charge on any atom is -0.493 e. The number of hydrogen-bond donors (Lipinski definition) is 0. The molecular formula is C18H23N3O2S. The maximum Gasteiger partial charge on any atom is 0.257 e. The largest absolute Gasteiger partial charge is 0.493 e. The van der Waals surface area contributed by atoms with E-state index in [1.165, 1.54) is 0 Å². The summed E-state index contributed by atoms with van der Waals surface area (Å²) >= 11 is 1.70. The number of para-hydroxylation sites is 1. The third kappa shape index (κ3) is 3.94. The highest BCUT2D eigenvalue weighted by molar-refractivity contribution is 7.09.